The number of nitrogens with one attached hydrogen (secondary N) is 1. The number of rotatable bonds is 6. The van der Waals surface area contributed by atoms with Crippen molar-refractivity contribution in [3.8, 4) is 0 Å². The molecule has 0 fully saturated rings. The topological polar surface area (TPSA) is 38.3 Å². The van der Waals surface area contributed by atoms with Crippen molar-refractivity contribution in [3.63, 3.8) is 0 Å². The highest BCUT2D eigenvalue weighted by Crippen LogP contribution is 2.04. The molecule has 18 heavy (non-hydrogen) atoms. The summed E-state index contributed by atoms with van der Waals surface area (Å²) >= 11 is 0. The summed E-state index contributed by atoms with van der Waals surface area (Å²) in [5.41, 5.74) is 2.23. The maximum absolute atomic E-state index is 11.7. The first-order chi connectivity index (χ1) is 8.65. The molecule has 1 amide bonds. The van der Waals surface area contributed by atoms with Crippen LogP contribution in [0.4, 0.5) is 0 Å². The molecular formula is C15H21NO2. The van der Waals surface area contributed by atoms with Gasteiger partial charge in [-0.2, -0.15) is 0 Å². The van der Waals surface area contributed by atoms with Gasteiger partial charge >= 0.3 is 0 Å². The first kappa shape index (κ1) is 14.5. The van der Waals surface area contributed by atoms with Gasteiger partial charge < -0.3 is 10.1 Å². The molecule has 0 aliphatic carbocycles. The first-order valence-corrected chi connectivity index (χ1v) is 6.20. The van der Waals surface area contributed by atoms with Crippen LogP contribution < -0.4 is 5.32 Å². The van der Waals surface area contributed by atoms with Crippen LogP contribution in [-0.4, -0.2) is 25.7 Å². The lowest BCUT2D eigenvalue weighted by molar-refractivity contribution is -0.117. The maximum Gasteiger partial charge on any atom is 0.244 e. The largest absolute Gasteiger partial charge is 0.383 e. The zero-order valence-electron chi connectivity index (χ0n) is 11.3. The summed E-state index contributed by atoms with van der Waals surface area (Å²) in [6, 6.07) is 8.11. The van der Waals surface area contributed by atoms with Crippen molar-refractivity contribution in [2.45, 2.75) is 26.3 Å². The second-order valence-electron chi connectivity index (χ2n) is 4.31. The number of hydrogen-bond acceptors (Lipinski definition) is 2. The van der Waals surface area contributed by atoms with E-state index < -0.39 is 0 Å². The van der Waals surface area contributed by atoms with E-state index in [0.29, 0.717) is 6.61 Å². The molecule has 1 rings (SSSR count). The van der Waals surface area contributed by atoms with Crippen molar-refractivity contribution in [2.75, 3.05) is 13.7 Å². The Kier molecular flexibility index (Phi) is 6.15. The van der Waals surface area contributed by atoms with Gasteiger partial charge in [0.15, 0.2) is 0 Å². The second kappa shape index (κ2) is 7.67. The molecule has 0 heterocycles. The van der Waals surface area contributed by atoms with Gasteiger partial charge in [0.2, 0.25) is 5.91 Å². The summed E-state index contributed by atoms with van der Waals surface area (Å²) in [4.78, 5) is 11.7. The monoisotopic (exact) mass is 247 g/mol. The van der Waals surface area contributed by atoms with Crippen molar-refractivity contribution < 1.29 is 9.53 Å². The van der Waals surface area contributed by atoms with Gasteiger partial charge in [-0.15, -0.1) is 0 Å². The number of carbonyl (C=O) groups is 1. The Balaban J connectivity index is 2.50. The van der Waals surface area contributed by atoms with Gasteiger partial charge in [-0.1, -0.05) is 36.8 Å². The standard InChI is InChI=1S/C15H21NO2/c1-4-14(11-18-3)16-15(17)10-9-13-7-5-12(2)6-8-13/h5-10,14H,4,11H2,1-3H3,(H,16,17)/b10-9+. The highest BCUT2D eigenvalue weighted by atomic mass is 16.5. The SMILES string of the molecule is CCC(COC)NC(=O)/C=C/c1ccc(C)cc1. The molecule has 0 bridgehead atoms. The maximum atomic E-state index is 11.7. The molecule has 0 aromatic heterocycles. The van der Waals surface area contributed by atoms with Crippen LogP contribution in [-0.2, 0) is 9.53 Å². The Morgan fingerprint density at radius 2 is 2.06 bits per heavy atom. The number of amides is 1. The van der Waals surface area contributed by atoms with Crippen molar-refractivity contribution in [1.82, 2.24) is 5.32 Å². The van der Waals surface area contributed by atoms with Gasteiger partial charge in [-0.3, -0.25) is 4.79 Å². The number of ether oxygens (including phenoxy) is 1. The molecule has 1 unspecified atom stereocenters. The third kappa shape index (κ3) is 5.15. The summed E-state index contributed by atoms with van der Waals surface area (Å²) in [6.45, 7) is 4.60. The minimum Gasteiger partial charge on any atom is -0.383 e. The Bertz CT molecular complexity index is 395. The lowest BCUT2D eigenvalue weighted by Crippen LogP contribution is -2.36. The smallest absolute Gasteiger partial charge is 0.244 e. The third-order valence-electron chi connectivity index (χ3n) is 2.71. The molecule has 1 N–H and O–H groups in total. The van der Waals surface area contributed by atoms with E-state index in [-0.39, 0.29) is 11.9 Å². The average Bonchev–Trinajstić information content (AvgIpc) is 2.37. The van der Waals surface area contributed by atoms with E-state index in [1.54, 1.807) is 13.2 Å². The van der Waals surface area contributed by atoms with Crippen molar-refractivity contribution in [1.29, 1.82) is 0 Å². The molecule has 0 spiro atoms. The number of carbonyl (C=O) groups excluding carboxylic acids is 1. The summed E-state index contributed by atoms with van der Waals surface area (Å²) in [5.74, 6) is -0.0838. The van der Waals surface area contributed by atoms with Gasteiger partial charge in [-0.25, -0.2) is 0 Å². The summed E-state index contributed by atoms with van der Waals surface area (Å²) < 4.78 is 5.03. The van der Waals surface area contributed by atoms with Gasteiger partial charge in [0.25, 0.3) is 0 Å². The average molecular weight is 247 g/mol. The zero-order chi connectivity index (χ0) is 13.4. The predicted molar refractivity (Wildman–Crippen MR) is 74.3 cm³/mol. The molecule has 0 radical (unpaired) electrons. The molecule has 3 heteroatoms. The Hall–Kier alpha value is -1.61. The van der Waals surface area contributed by atoms with Crippen molar-refractivity contribution in [2.24, 2.45) is 0 Å². The number of benzene rings is 1. The predicted octanol–water partition coefficient (Wildman–Crippen LogP) is 2.55. The van der Waals surface area contributed by atoms with Gasteiger partial charge in [0.05, 0.1) is 12.6 Å². The summed E-state index contributed by atoms with van der Waals surface area (Å²) in [6.07, 6.45) is 4.23. The Labute approximate surface area is 109 Å². The van der Waals surface area contributed by atoms with E-state index in [1.807, 2.05) is 44.2 Å². The minimum absolute atomic E-state index is 0.0742. The van der Waals surface area contributed by atoms with Crippen molar-refractivity contribution >= 4 is 12.0 Å². The highest BCUT2D eigenvalue weighted by Gasteiger charge is 2.07. The van der Waals surface area contributed by atoms with Crippen molar-refractivity contribution in [3.05, 3.63) is 41.5 Å². The summed E-state index contributed by atoms with van der Waals surface area (Å²) in [7, 11) is 1.64. The molecular weight excluding hydrogens is 226 g/mol. The van der Waals surface area contributed by atoms with E-state index in [2.05, 4.69) is 5.32 Å². The van der Waals surface area contributed by atoms with Crippen LogP contribution >= 0.6 is 0 Å². The van der Waals surface area contributed by atoms with E-state index in [1.165, 1.54) is 5.56 Å². The molecule has 0 saturated carbocycles. The Morgan fingerprint density at radius 1 is 1.39 bits per heavy atom. The first-order valence-electron chi connectivity index (χ1n) is 6.20. The number of methoxy groups -OCH3 is 1. The molecule has 0 aliphatic rings. The lowest BCUT2D eigenvalue weighted by atomic mass is 10.1. The fourth-order valence-corrected chi connectivity index (χ4v) is 1.56. The molecule has 0 aliphatic heterocycles. The van der Waals surface area contributed by atoms with Gasteiger partial charge in [0.1, 0.15) is 0 Å². The van der Waals surface area contributed by atoms with Crippen LogP contribution in [0.5, 0.6) is 0 Å². The van der Waals surface area contributed by atoms with E-state index in [0.717, 1.165) is 12.0 Å². The van der Waals surface area contributed by atoms with Crippen LogP contribution in [0.1, 0.15) is 24.5 Å². The van der Waals surface area contributed by atoms with Crippen LogP contribution in [0.3, 0.4) is 0 Å². The zero-order valence-corrected chi connectivity index (χ0v) is 11.3. The normalized spacial score (nSPS) is 12.6. The number of aryl methyl sites for hydroxylation is 1. The Morgan fingerprint density at radius 3 is 2.61 bits per heavy atom. The fraction of sp³-hybridized carbons (Fsp3) is 0.400. The molecule has 1 aromatic rings. The fourth-order valence-electron chi connectivity index (χ4n) is 1.56. The van der Waals surface area contributed by atoms with Gasteiger partial charge in [-0.05, 0) is 25.0 Å². The van der Waals surface area contributed by atoms with Crippen LogP contribution in [0.25, 0.3) is 6.08 Å². The van der Waals surface area contributed by atoms with Gasteiger partial charge in [0, 0.05) is 13.2 Å². The minimum atomic E-state index is -0.0838. The van der Waals surface area contributed by atoms with Crippen LogP contribution in [0, 0.1) is 6.92 Å². The lowest BCUT2D eigenvalue weighted by Gasteiger charge is -2.14. The van der Waals surface area contributed by atoms with Crippen LogP contribution in [0.2, 0.25) is 0 Å². The third-order valence-corrected chi connectivity index (χ3v) is 2.71. The molecule has 3 nitrogen and oxygen atoms in total. The highest BCUT2D eigenvalue weighted by molar-refractivity contribution is 5.91. The second-order valence-corrected chi connectivity index (χ2v) is 4.31. The molecule has 0 saturated heterocycles. The molecule has 1 atom stereocenters. The quantitative estimate of drug-likeness (QED) is 0.785. The van der Waals surface area contributed by atoms with Crippen LogP contribution in [0.15, 0.2) is 30.3 Å². The number of hydrogen-bond donors (Lipinski definition) is 1. The molecule has 98 valence electrons. The summed E-state index contributed by atoms with van der Waals surface area (Å²) in [5, 5.41) is 2.90. The van der Waals surface area contributed by atoms with E-state index in [4.69, 9.17) is 4.74 Å². The molecule has 1 aromatic carbocycles. The van der Waals surface area contributed by atoms with E-state index >= 15 is 0 Å². The van der Waals surface area contributed by atoms with E-state index in [9.17, 15) is 4.79 Å².